The second-order valence-corrected chi connectivity index (χ2v) is 8.58. The quantitative estimate of drug-likeness (QED) is 0.435. The number of sulfonamides is 1. The number of nitrogens with two attached hydrogens (primary N) is 1. The Kier molecular flexibility index (Phi) is 6.16. The van der Waals surface area contributed by atoms with E-state index in [2.05, 4.69) is 10.3 Å². The lowest BCUT2D eigenvalue weighted by atomic mass is 10.1. The summed E-state index contributed by atoms with van der Waals surface area (Å²) in [5, 5.41) is 7.76. The summed E-state index contributed by atoms with van der Waals surface area (Å²) in [6, 6.07) is 23.4. The average molecular weight is 463 g/mol. The Balaban J connectivity index is 1.49. The van der Waals surface area contributed by atoms with Crippen molar-refractivity contribution < 1.29 is 22.3 Å². The molecule has 1 aromatic heterocycles. The monoisotopic (exact) mass is 463 g/mol. The third kappa shape index (κ3) is 5.59. The fraction of sp³-hybridized carbons (Fsp3) is 0. The second-order valence-electron chi connectivity index (χ2n) is 7.02. The van der Waals surface area contributed by atoms with E-state index in [0.717, 1.165) is 5.56 Å². The lowest BCUT2D eigenvalue weighted by Crippen LogP contribution is -2.15. The molecule has 0 bridgehead atoms. The van der Waals surface area contributed by atoms with Gasteiger partial charge in [0, 0.05) is 11.3 Å². The zero-order chi connectivity index (χ0) is 23.4. The number of hydrogen-bond acceptors (Lipinski definition) is 5. The molecular formula is C24H18FN3O4S. The van der Waals surface area contributed by atoms with Crippen LogP contribution in [0, 0.1) is 5.82 Å². The van der Waals surface area contributed by atoms with Crippen LogP contribution in [-0.4, -0.2) is 19.3 Å². The second kappa shape index (κ2) is 9.19. The SMILES string of the molecule is NS(=O)(=O)c1cccc(NC(=O)c2cccc(-c3ccc(Oc4ccc(F)cc4)cc3)n2)c1. The van der Waals surface area contributed by atoms with E-state index in [9.17, 15) is 17.6 Å². The first kappa shape index (κ1) is 22.1. The third-order valence-electron chi connectivity index (χ3n) is 4.60. The minimum atomic E-state index is -3.89. The standard InChI is InChI=1S/C24H18FN3O4S/c25-17-9-13-20(14-10-17)32-19-11-7-16(8-12-19)22-5-2-6-23(28-22)24(29)27-18-3-1-4-21(15-18)33(26,30)31/h1-15H,(H,27,29)(H2,26,30,31). The molecule has 0 spiro atoms. The minimum absolute atomic E-state index is 0.107. The van der Waals surface area contributed by atoms with Crippen molar-refractivity contribution in [2.75, 3.05) is 5.32 Å². The maximum absolute atomic E-state index is 13.0. The van der Waals surface area contributed by atoms with Gasteiger partial charge in [0.15, 0.2) is 0 Å². The van der Waals surface area contributed by atoms with Gasteiger partial charge >= 0.3 is 0 Å². The molecule has 0 unspecified atom stereocenters. The molecule has 0 aliphatic rings. The summed E-state index contributed by atoms with van der Waals surface area (Å²) >= 11 is 0. The number of nitrogens with one attached hydrogen (secondary N) is 1. The van der Waals surface area contributed by atoms with Crippen LogP contribution in [0.5, 0.6) is 11.5 Å². The predicted octanol–water partition coefficient (Wildman–Crippen LogP) is 4.58. The maximum atomic E-state index is 13.0. The number of anilines is 1. The van der Waals surface area contributed by atoms with Crippen molar-refractivity contribution in [3.63, 3.8) is 0 Å². The molecule has 1 amide bonds. The number of ether oxygens (including phenoxy) is 1. The van der Waals surface area contributed by atoms with Crippen LogP contribution in [0.25, 0.3) is 11.3 Å². The molecule has 0 aliphatic heterocycles. The lowest BCUT2D eigenvalue weighted by Gasteiger charge is -2.09. The first-order valence-electron chi connectivity index (χ1n) is 9.73. The summed E-state index contributed by atoms with van der Waals surface area (Å²) in [5.41, 5.74) is 1.75. The number of carbonyl (C=O) groups is 1. The van der Waals surface area contributed by atoms with Crippen molar-refractivity contribution >= 4 is 21.6 Å². The van der Waals surface area contributed by atoms with Gasteiger partial charge in [0.2, 0.25) is 10.0 Å². The number of rotatable bonds is 6. The predicted molar refractivity (Wildman–Crippen MR) is 122 cm³/mol. The van der Waals surface area contributed by atoms with E-state index in [-0.39, 0.29) is 22.1 Å². The Morgan fingerprint density at radius 3 is 2.18 bits per heavy atom. The van der Waals surface area contributed by atoms with Crippen LogP contribution in [0.4, 0.5) is 10.1 Å². The molecule has 1 heterocycles. The molecule has 4 rings (SSSR count). The highest BCUT2D eigenvalue weighted by Gasteiger charge is 2.12. The van der Waals surface area contributed by atoms with E-state index in [4.69, 9.17) is 9.88 Å². The molecule has 0 atom stereocenters. The smallest absolute Gasteiger partial charge is 0.274 e. The van der Waals surface area contributed by atoms with Crippen molar-refractivity contribution in [1.82, 2.24) is 4.98 Å². The van der Waals surface area contributed by atoms with Crippen LogP contribution in [-0.2, 0) is 10.0 Å². The fourth-order valence-corrected chi connectivity index (χ4v) is 3.56. The molecule has 0 radical (unpaired) electrons. The number of hydrogen-bond donors (Lipinski definition) is 2. The zero-order valence-corrected chi connectivity index (χ0v) is 17.9. The summed E-state index contributed by atoms with van der Waals surface area (Å²) in [6.07, 6.45) is 0. The van der Waals surface area contributed by atoms with Crippen molar-refractivity contribution in [2.45, 2.75) is 4.90 Å². The van der Waals surface area contributed by atoms with E-state index in [1.165, 1.54) is 42.5 Å². The Bertz CT molecular complexity index is 1410. The summed E-state index contributed by atoms with van der Waals surface area (Å²) < 4.78 is 41.7. The number of primary sulfonamides is 1. The highest BCUT2D eigenvalue weighted by atomic mass is 32.2. The molecule has 33 heavy (non-hydrogen) atoms. The van der Waals surface area contributed by atoms with Gasteiger partial charge in [-0.1, -0.05) is 12.1 Å². The largest absolute Gasteiger partial charge is 0.457 e. The van der Waals surface area contributed by atoms with Crippen molar-refractivity contribution in [3.8, 4) is 22.8 Å². The maximum Gasteiger partial charge on any atom is 0.274 e. The Morgan fingerprint density at radius 2 is 1.52 bits per heavy atom. The molecule has 3 N–H and O–H groups in total. The van der Waals surface area contributed by atoms with Gasteiger partial charge in [0.25, 0.3) is 5.91 Å². The molecule has 0 fully saturated rings. The summed E-state index contributed by atoms with van der Waals surface area (Å²) in [5.74, 6) is 0.228. The van der Waals surface area contributed by atoms with Crippen LogP contribution < -0.4 is 15.2 Å². The van der Waals surface area contributed by atoms with E-state index in [1.807, 2.05) is 0 Å². The molecule has 0 saturated heterocycles. The zero-order valence-electron chi connectivity index (χ0n) is 17.1. The Morgan fingerprint density at radius 1 is 0.879 bits per heavy atom. The molecular weight excluding hydrogens is 445 g/mol. The fourth-order valence-electron chi connectivity index (χ4n) is 3.00. The summed E-state index contributed by atoms with van der Waals surface area (Å²) in [7, 11) is -3.89. The van der Waals surface area contributed by atoms with E-state index >= 15 is 0 Å². The molecule has 3 aromatic carbocycles. The van der Waals surface area contributed by atoms with Crippen molar-refractivity contribution in [2.24, 2.45) is 5.14 Å². The van der Waals surface area contributed by atoms with Crippen LogP contribution in [0.15, 0.2) is 95.9 Å². The van der Waals surface area contributed by atoms with E-state index in [0.29, 0.717) is 17.2 Å². The van der Waals surface area contributed by atoms with Crippen LogP contribution in [0.3, 0.4) is 0 Å². The Labute approximate surface area is 189 Å². The number of pyridine rings is 1. The van der Waals surface area contributed by atoms with Gasteiger partial charge in [0.1, 0.15) is 23.0 Å². The van der Waals surface area contributed by atoms with Crippen LogP contribution in [0.1, 0.15) is 10.5 Å². The highest BCUT2D eigenvalue weighted by molar-refractivity contribution is 7.89. The van der Waals surface area contributed by atoms with Gasteiger partial charge in [-0.15, -0.1) is 0 Å². The number of carbonyl (C=O) groups excluding carboxylic acids is 1. The van der Waals surface area contributed by atoms with E-state index in [1.54, 1.807) is 48.5 Å². The third-order valence-corrected chi connectivity index (χ3v) is 5.51. The number of nitrogens with zero attached hydrogens (tertiary/aromatic N) is 1. The van der Waals surface area contributed by atoms with Gasteiger partial charge < -0.3 is 10.1 Å². The van der Waals surface area contributed by atoms with Gasteiger partial charge in [-0.3, -0.25) is 4.79 Å². The summed E-state index contributed by atoms with van der Waals surface area (Å²) in [4.78, 5) is 16.9. The van der Waals surface area contributed by atoms with Gasteiger partial charge in [0.05, 0.1) is 10.6 Å². The minimum Gasteiger partial charge on any atom is -0.457 e. The van der Waals surface area contributed by atoms with Crippen molar-refractivity contribution in [1.29, 1.82) is 0 Å². The number of amides is 1. The first-order valence-corrected chi connectivity index (χ1v) is 11.3. The van der Waals surface area contributed by atoms with Crippen molar-refractivity contribution in [3.05, 3.63) is 103 Å². The molecule has 4 aromatic rings. The number of aromatic nitrogens is 1. The lowest BCUT2D eigenvalue weighted by molar-refractivity contribution is 0.102. The highest BCUT2D eigenvalue weighted by Crippen LogP contribution is 2.25. The first-order chi connectivity index (χ1) is 15.8. The average Bonchev–Trinajstić information content (AvgIpc) is 2.81. The molecule has 0 saturated carbocycles. The molecule has 0 aliphatic carbocycles. The van der Waals surface area contributed by atoms with Gasteiger partial charge in [-0.25, -0.2) is 22.9 Å². The molecule has 9 heteroatoms. The normalized spacial score (nSPS) is 11.1. The van der Waals surface area contributed by atoms with Gasteiger partial charge in [-0.05, 0) is 78.9 Å². The van der Waals surface area contributed by atoms with Crippen LogP contribution in [0.2, 0.25) is 0 Å². The Hall–Kier alpha value is -4.08. The molecule has 166 valence electrons. The summed E-state index contributed by atoms with van der Waals surface area (Å²) in [6.45, 7) is 0. The number of halogens is 1. The molecule has 7 nitrogen and oxygen atoms in total. The van der Waals surface area contributed by atoms with Crippen LogP contribution >= 0.6 is 0 Å². The van der Waals surface area contributed by atoms with E-state index < -0.39 is 15.9 Å². The topological polar surface area (TPSA) is 111 Å². The van der Waals surface area contributed by atoms with Gasteiger partial charge in [-0.2, -0.15) is 0 Å². The number of benzene rings is 3.